The minimum atomic E-state index is -0.542. The molecule has 0 amide bonds. The second kappa shape index (κ2) is 6.04. The summed E-state index contributed by atoms with van der Waals surface area (Å²) in [6, 6.07) is 7.06. The van der Waals surface area contributed by atoms with E-state index in [1.165, 1.54) is 36.5 Å². The second-order valence-corrected chi connectivity index (χ2v) is 4.47. The summed E-state index contributed by atoms with van der Waals surface area (Å²) in [5, 5.41) is 15.9. The van der Waals surface area contributed by atoms with Gasteiger partial charge in [-0.2, -0.15) is 5.10 Å². The number of hydrogen-bond donors (Lipinski definition) is 1. The van der Waals surface area contributed by atoms with Crippen molar-refractivity contribution in [2.45, 2.75) is 0 Å². The number of nitro benzene ring substituents is 1. The Bertz CT molecular complexity index is 803. The van der Waals surface area contributed by atoms with Crippen LogP contribution in [0.25, 0.3) is 0 Å². The molecule has 1 heterocycles. The van der Waals surface area contributed by atoms with Crippen LogP contribution in [-0.2, 0) is 7.05 Å². The molecule has 9 nitrogen and oxygen atoms in total. The van der Waals surface area contributed by atoms with Crippen LogP contribution in [0, 0.1) is 10.1 Å². The molecule has 0 spiro atoms. The third kappa shape index (κ3) is 3.26. The van der Waals surface area contributed by atoms with Gasteiger partial charge in [-0.05, 0) is 17.7 Å². The largest absolute Gasteiger partial charge is 0.329 e. The highest BCUT2D eigenvalue weighted by Gasteiger charge is 2.05. The van der Waals surface area contributed by atoms with Gasteiger partial charge < -0.3 is 0 Å². The molecule has 1 N–H and O–H groups in total. The first kappa shape index (κ1) is 15.2. The summed E-state index contributed by atoms with van der Waals surface area (Å²) in [5.74, 6) is 0.242. The van der Waals surface area contributed by atoms with Gasteiger partial charge in [-0.25, -0.2) is 4.79 Å². The minimum Gasteiger partial charge on any atom is -0.292 e. The molecular weight excluding hydrogens is 290 g/mol. The molecule has 2 rings (SSSR count). The molecule has 0 aliphatic rings. The number of aromatic amines is 1. The zero-order chi connectivity index (χ0) is 16.3. The van der Waals surface area contributed by atoms with Gasteiger partial charge in [0.05, 0.1) is 11.1 Å². The minimum absolute atomic E-state index is 0.0126. The topological polar surface area (TPSA) is 114 Å². The van der Waals surface area contributed by atoms with Crippen molar-refractivity contribution in [2.24, 2.45) is 12.1 Å². The maximum atomic E-state index is 11.5. The van der Waals surface area contributed by atoms with E-state index in [9.17, 15) is 19.7 Å². The smallest absolute Gasteiger partial charge is 0.292 e. The van der Waals surface area contributed by atoms with Crippen molar-refractivity contribution in [2.75, 3.05) is 12.1 Å². The van der Waals surface area contributed by atoms with Crippen LogP contribution in [0.15, 0.2) is 45.0 Å². The molecule has 2 aromatic rings. The fraction of sp³-hybridized carbons (Fsp3) is 0.154. The molecule has 0 saturated heterocycles. The lowest BCUT2D eigenvalue weighted by molar-refractivity contribution is -0.384. The molecule has 1 aromatic heterocycles. The number of nitrogens with zero attached hydrogens (tertiary/aromatic N) is 4. The van der Waals surface area contributed by atoms with Crippen LogP contribution in [0.1, 0.15) is 5.56 Å². The van der Waals surface area contributed by atoms with Crippen LogP contribution < -0.4 is 16.3 Å². The molecule has 1 aromatic carbocycles. The number of hydrogen-bond acceptors (Lipinski definition) is 6. The molecular formula is C13H13N5O4. The van der Waals surface area contributed by atoms with Gasteiger partial charge in [-0.3, -0.25) is 29.5 Å². The van der Waals surface area contributed by atoms with Gasteiger partial charge in [0.25, 0.3) is 11.2 Å². The van der Waals surface area contributed by atoms with Gasteiger partial charge in [0.2, 0.25) is 0 Å². The van der Waals surface area contributed by atoms with Crippen LogP contribution in [0.5, 0.6) is 0 Å². The highest BCUT2D eigenvalue weighted by molar-refractivity contribution is 5.80. The molecule has 9 heteroatoms. The quantitative estimate of drug-likeness (QED) is 0.500. The summed E-state index contributed by atoms with van der Waals surface area (Å²) in [7, 11) is 2.93. The average molecular weight is 303 g/mol. The lowest BCUT2D eigenvalue weighted by atomic mass is 10.2. The van der Waals surface area contributed by atoms with E-state index in [4.69, 9.17) is 0 Å². The van der Waals surface area contributed by atoms with Crippen LogP contribution in [0.3, 0.4) is 0 Å². The maximum absolute atomic E-state index is 11.5. The number of H-pyrrole nitrogens is 1. The lowest BCUT2D eigenvalue weighted by Crippen LogP contribution is -2.33. The molecule has 114 valence electrons. The van der Waals surface area contributed by atoms with Crippen molar-refractivity contribution in [3.8, 4) is 0 Å². The molecule has 0 aliphatic carbocycles. The molecule has 0 bridgehead atoms. The van der Waals surface area contributed by atoms with Gasteiger partial charge in [0.15, 0.2) is 0 Å². The van der Waals surface area contributed by atoms with Crippen molar-refractivity contribution < 1.29 is 4.92 Å². The Morgan fingerprint density at radius 2 is 1.95 bits per heavy atom. The van der Waals surface area contributed by atoms with E-state index in [-0.39, 0.29) is 11.5 Å². The molecule has 0 aliphatic heterocycles. The van der Waals surface area contributed by atoms with E-state index in [2.05, 4.69) is 10.1 Å². The number of aromatic nitrogens is 2. The zero-order valence-electron chi connectivity index (χ0n) is 11.9. The molecule has 22 heavy (non-hydrogen) atoms. The standard InChI is InChI=1S/C13H13N5O4/c1-16-12(19)7-11(15-13(16)20)17(2)14-8-9-3-5-10(6-4-9)18(21)22/h3-8H,1-2H3,(H,15,20)/b14-8-. The van der Waals surface area contributed by atoms with Gasteiger partial charge >= 0.3 is 5.69 Å². The number of hydrazone groups is 1. The summed E-state index contributed by atoms with van der Waals surface area (Å²) >= 11 is 0. The predicted octanol–water partition coefficient (Wildman–Crippen LogP) is 0.452. The average Bonchev–Trinajstić information content (AvgIpc) is 2.50. The highest BCUT2D eigenvalue weighted by Crippen LogP contribution is 2.11. The van der Waals surface area contributed by atoms with Crippen molar-refractivity contribution in [3.05, 3.63) is 66.8 Å². The summed E-state index contributed by atoms with van der Waals surface area (Å²) in [4.78, 5) is 35.6. The SMILES string of the molecule is CN(/N=C\c1ccc([N+](=O)[O-])cc1)c1cc(=O)n(C)c(=O)[nH]1. The van der Waals surface area contributed by atoms with E-state index in [0.29, 0.717) is 5.56 Å². The molecule has 0 saturated carbocycles. The monoisotopic (exact) mass is 303 g/mol. The first-order valence-electron chi connectivity index (χ1n) is 6.21. The van der Waals surface area contributed by atoms with E-state index >= 15 is 0 Å². The Hall–Kier alpha value is -3.23. The Kier molecular flexibility index (Phi) is 4.16. The van der Waals surface area contributed by atoms with Crippen LogP contribution >= 0.6 is 0 Å². The summed E-state index contributed by atoms with van der Waals surface area (Å²) in [5.41, 5.74) is -0.360. The van der Waals surface area contributed by atoms with Crippen LogP contribution in [-0.4, -0.2) is 27.7 Å². The van der Waals surface area contributed by atoms with Crippen molar-refractivity contribution in [3.63, 3.8) is 0 Å². The first-order chi connectivity index (χ1) is 10.4. The number of benzene rings is 1. The Morgan fingerprint density at radius 1 is 1.32 bits per heavy atom. The maximum Gasteiger partial charge on any atom is 0.329 e. The zero-order valence-corrected chi connectivity index (χ0v) is 11.9. The third-order valence-corrected chi connectivity index (χ3v) is 2.96. The molecule has 0 radical (unpaired) electrons. The van der Waals surface area contributed by atoms with Crippen LogP contribution in [0.4, 0.5) is 11.5 Å². The number of nitro groups is 1. The van der Waals surface area contributed by atoms with Crippen molar-refractivity contribution >= 4 is 17.7 Å². The number of non-ortho nitro benzene ring substituents is 1. The number of rotatable bonds is 4. The van der Waals surface area contributed by atoms with Gasteiger partial charge in [-0.1, -0.05) is 0 Å². The number of nitrogens with one attached hydrogen (secondary N) is 1. The second-order valence-electron chi connectivity index (χ2n) is 4.47. The fourth-order valence-electron chi connectivity index (χ4n) is 1.62. The Morgan fingerprint density at radius 3 is 2.50 bits per heavy atom. The molecule has 0 atom stereocenters. The normalized spacial score (nSPS) is 10.8. The fourth-order valence-corrected chi connectivity index (χ4v) is 1.62. The molecule has 0 fully saturated rings. The predicted molar refractivity (Wildman–Crippen MR) is 81.4 cm³/mol. The van der Waals surface area contributed by atoms with Crippen molar-refractivity contribution in [1.29, 1.82) is 0 Å². The molecule has 0 unspecified atom stereocenters. The van der Waals surface area contributed by atoms with E-state index in [1.54, 1.807) is 19.2 Å². The summed E-state index contributed by atoms with van der Waals surface area (Å²) < 4.78 is 0.942. The summed E-state index contributed by atoms with van der Waals surface area (Å²) in [6.07, 6.45) is 1.46. The van der Waals surface area contributed by atoms with E-state index in [1.807, 2.05) is 0 Å². The van der Waals surface area contributed by atoms with E-state index < -0.39 is 16.2 Å². The van der Waals surface area contributed by atoms with Gasteiger partial charge in [-0.15, -0.1) is 0 Å². The Labute approximate surface area is 124 Å². The third-order valence-electron chi connectivity index (χ3n) is 2.96. The first-order valence-corrected chi connectivity index (χ1v) is 6.21. The number of anilines is 1. The lowest BCUT2D eigenvalue weighted by Gasteiger charge is -2.12. The summed E-state index contributed by atoms with van der Waals surface area (Å²) in [6.45, 7) is 0. The Balaban J connectivity index is 2.21. The van der Waals surface area contributed by atoms with Crippen molar-refractivity contribution in [1.82, 2.24) is 9.55 Å². The van der Waals surface area contributed by atoms with Gasteiger partial charge in [0, 0.05) is 32.3 Å². The van der Waals surface area contributed by atoms with Gasteiger partial charge in [0.1, 0.15) is 5.82 Å². The highest BCUT2D eigenvalue weighted by atomic mass is 16.6. The van der Waals surface area contributed by atoms with E-state index in [0.717, 1.165) is 4.57 Å². The van der Waals surface area contributed by atoms with Crippen LogP contribution in [0.2, 0.25) is 0 Å².